The maximum atomic E-state index is 11.7. The smallest absolute Gasteiger partial charge is 0.240 e. The van der Waals surface area contributed by atoms with Gasteiger partial charge >= 0.3 is 0 Å². The lowest BCUT2D eigenvalue weighted by Crippen LogP contribution is -2.35. The summed E-state index contributed by atoms with van der Waals surface area (Å²) in [5, 5.41) is -0.481. The number of ether oxygens (including phenoxy) is 1. The van der Waals surface area contributed by atoms with E-state index in [-0.39, 0.29) is 12.0 Å². The molecular weight excluding hydrogens is 242 g/mol. The number of carbonyl (C=O) groups excluding carboxylic acids is 1. The Morgan fingerprint density at radius 2 is 2.47 bits per heavy atom. The summed E-state index contributed by atoms with van der Waals surface area (Å²) in [5.74, 6) is 0.447. The summed E-state index contributed by atoms with van der Waals surface area (Å²) in [6.07, 6.45) is 5.51. The minimum atomic E-state index is -0.481. The standard InChI is InChI=1S/C11H14ClN3O2/c1-8(12)11(16)15-5-2-9(7-15)17-10-6-13-3-4-14-10/h3-4,6,8-9H,2,5,7H2,1H3. The number of hydrogen-bond acceptors (Lipinski definition) is 4. The van der Waals surface area contributed by atoms with Crippen molar-refractivity contribution >= 4 is 17.5 Å². The van der Waals surface area contributed by atoms with Gasteiger partial charge < -0.3 is 9.64 Å². The van der Waals surface area contributed by atoms with E-state index >= 15 is 0 Å². The van der Waals surface area contributed by atoms with Gasteiger partial charge in [0.2, 0.25) is 11.8 Å². The monoisotopic (exact) mass is 255 g/mol. The van der Waals surface area contributed by atoms with Gasteiger partial charge in [0.15, 0.2) is 0 Å². The van der Waals surface area contributed by atoms with Crippen molar-refractivity contribution < 1.29 is 9.53 Å². The third kappa shape index (κ3) is 3.06. The Morgan fingerprint density at radius 1 is 1.65 bits per heavy atom. The Balaban J connectivity index is 1.88. The van der Waals surface area contributed by atoms with Crippen molar-refractivity contribution in [2.75, 3.05) is 13.1 Å². The van der Waals surface area contributed by atoms with Gasteiger partial charge in [-0.25, -0.2) is 4.98 Å². The van der Waals surface area contributed by atoms with E-state index < -0.39 is 5.38 Å². The average Bonchev–Trinajstić information content (AvgIpc) is 2.77. The van der Waals surface area contributed by atoms with Crippen LogP contribution in [0.25, 0.3) is 0 Å². The fourth-order valence-corrected chi connectivity index (χ4v) is 1.93. The van der Waals surface area contributed by atoms with E-state index in [4.69, 9.17) is 16.3 Å². The number of nitrogens with zero attached hydrogens (tertiary/aromatic N) is 3. The molecule has 1 aliphatic rings. The largest absolute Gasteiger partial charge is 0.471 e. The van der Waals surface area contributed by atoms with Crippen molar-refractivity contribution in [1.82, 2.24) is 14.9 Å². The first-order chi connectivity index (χ1) is 8.16. The molecule has 0 aliphatic carbocycles. The van der Waals surface area contributed by atoms with Gasteiger partial charge in [-0.3, -0.25) is 9.78 Å². The van der Waals surface area contributed by atoms with Crippen LogP contribution in [-0.4, -0.2) is 45.3 Å². The van der Waals surface area contributed by atoms with Crippen LogP contribution in [0.4, 0.5) is 0 Å². The molecule has 1 aromatic heterocycles. The molecule has 2 atom stereocenters. The molecule has 1 aliphatic heterocycles. The average molecular weight is 256 g/mol. The molecule has 92 valence electrons. The minimum Gasteiger partial charge on any atom is -0.471 e. The zero-order valence-corrected chi connectivity index (χ0v) is 10.3. The van der Waals surface area contributed by atoms with Gasteiger partial charge in [-0.05, 0) is 6.92 Å². The Morgan fingerprint density at radius 3 is 3.12 bits per heavy atom. The van der Waals surface area contributed by atoms with Crippen molar-refractivity contribution in [2.45, 2.75) is 24.8 Å². The topological polar surface area (TPSA) is 55.3 Å². The zero-order valence-electron chi connectivity index (χ0n) is 9.54. The molecule has 5 nitrogen and oxygen atoms in total. The van der Waals surface area contributed by atoms with Crippen molar-refractivity contribution in [2.24, 2.45) is 0 Å². The molecule has 2 rings (SSSR count). The normalized spacial score (nSPS) is 21.3. The lowest BCUT2D eigenvalue weighted by atomic mass is 10.3. The fourth-order valence-electron chi connectivity index (χ4n) is 1.79. The Labute approximate surface area is 105 Å². The number of halogens is 1. The van der Waals surface area contributed by atoms with E-state index in [1.165, 1.54) is 0 Å². The van der Waals surface area contributed by atoms with E-state index in [1.807, 2.05) is 0 Å². The van der Waals surface area contributed by atoms with Crippen LogP contribution in [0.3, 0.4) is 0 Å². The Kier molecular flexibility index (Phi) is 3.78. The highest BCUT2D eigenvalue weighted by molar-refractivity contribution is 6.30. The molecule has 1 amide bonds. The van der Waals surface area contributed by atoms with Crippen LogP contribution in [0.1, 0.15) is 13.3 Å². The third-order valence-electron chi connectivity index (χ3n) is 2.62. The molecule has 0 aromatic carbocycles. The second-order valence-electron chi connectivity index (χ2n) is 3.97. The molecule has 0 radical (unpaired) electrons. The Bertz CT molecular complexity index is 386. The summed E-state index contributed by atoms with van der Waals surface area (Å²) < 4.78 is 5.62. The molecular formula is C11H14ClN3O2. The summed E-state index contributed by atoms with van der Waals surface area (Å²) in [7, 11) is 0. The highest BCUT2D eigenvalue weighted by atomic mass is 35.5. The molecule has 0 bridgehead atoms. The number of alkyl halides is 1. The molecule has 1 fully saturated rings. The summed E-state index contributed by atoms with van der Waals surface area (Å²) in [5.41, 5.74) is 0. The fraction of sp³-hybridized carbons (Fsp3) is 0.545. The van der Waals surface area contributed by atoms with E-state index in [9.17, 15) is 4.79 Å². The maximum absolute atomic E-state index is 11.7. The van der Waals surface area contributed by atoms with Crippen molar-refractivity contribution in [3.8, 4) is 5.88 Å². The number of likely N-dealkylation sites (tertiary alicyclic amines) is 1. The van der Waals surface area contributed by atoms with Crippen LogP contribution in [0.5, 0.6) is 5.88 Å². The number of carbonyl (C=O) groups is 1. The number of amides is 1. The molecule has 2 heterocycles. The van der Waals surface area contributed by atoms with E-state index in [0.29, 0.717) is 19.0 Å². The van der Waals surface area contributed by atoms with E-state index in [1.54, 1.807) is 30.4 Å². The van der Waals surface area contributed by atoms with Crippen LogP contribution >= 0.6 is 11.6 Å². The maximum Gasteiger partial charge on any atom is 0.240 e. The van der Waals surface area contributed by atoms with E-state index in [0.717, 1.165) is 6.42 Å². The molecule has 0 saturated carbocycles. The second-order valence-corrected chi connectivity index (χ2v) is 4.63. The lowest BCUT2D eigenvalue weighted by molar-refractivity contribution is -0.129. The second kappa shape index (κ2) is 5.31. The van der Waals surface area contributed by atoms with Gasteiger partial charge in [-0.15, -0.1) is 11.6 Å². The number of rotatable bonds is 3. The van der Waals surface area contributed by atoms with Gasteiger partial charge in [0.25, 0.3) is 0 Å². The van der Waals surface area contributed by atoms with Crippen LogP contribution in [-0.2, 0) is 4.79 Å². The van der Waals surface area contributed by atoms with Crippen LogP contribution in [0.2, 0.25) is 0 Å². The number of aromatic nitrogens is 2. The predicted molar refractivity (Wildman–Crippen MR) is 63.0 cm³/mol. The summed E-state index contributed by atoms with van der Waals surface area (Å²) in [4.78, 5) is 21.3. The highest BCUT2D eigenvalue weighted by Gasteiger charge is 2.29. The predicted octanol–water partition coefficient (Wildman–Crippen LogP) is 1.08. The first-order valence-electron chi connectivity index (χ1n) is 5.52. The van der Waals surface area contributed by atoms with E-state index in [2.05, 4.69) is 9.97 Å². The Hall–Kier alpha value is -1.36. The lowest BCUT2D eigenvalue weighted by Gasteiger charge is -2.17. The van der Waals surface area contributed by atoms with Crippen LogP contribution < -0.4 is 4.74 Å². The van der Waals surface area contributed by atoms with Crippen molar-refractivity contribution in [1.29, 1.82) is 0 Å². The molecule has 0 N–H and O–H groups in total. The molecule has 17 heavy (non-hydrogen) atoms. The number of hydrogen-bond donors (Lipinski definition) is 0. The van der Waals surface area contributed by atoms with Crippen LogP contribution in [0.15, 0.2) is 18.6 Å². The van der Waals surface area contributed by atoms with Gasteiger partial charge in [0.1, 0.15) is 11.5 Å². The molecule has 1 saturated heterocycles. The first kappa shape index (κ1) is 12.1. The zero-order chi connectivity index (χ0) is 12.3. The first-order valence-corrected chi connectivity index (χ1v) is 5.96. The molecule has 6 heteroatoms. The van der Waals surface area contributed by atoms with Gasteiger partial charge in [-0.2, -0.15) is 0 Å². The quantitative estimate of drug-likeness (QED) is 0.759. The summed E-state index contributed by atoms with van der Waals surface area (Å²) in [6.45, 7) is 2.92. The molecule has 2 unspecified atom stereocenters. The summed E-state index contributed by atoms with van der Waals surface area (Å²) in [6, 6.07) is 0. The third-order valence-corrected chi connectivity index (χ3v) is 2.81. The summed E-state index contributed by atoms with van der Waals surface area (Å²) >= 11 is 5.76. The molecule has 1 aromatic rings. The van der Waals surface area contributed by atoms with Crippen LogP contribution in [0, 0.1) is 0 Å². The van der Waals surface area contributed by atoms with Gasteiger partial charge in [0.05, 0.1) is 12.7 Å². The van der Waals surface area contributed by atoms with Crippen molar-refractivity contribution in [3.05, 3.63) is 18.6 Å². The van der Waals surface area contributed by atoms with Crippen molar-refractivity contribution in [3.63, 3.8) is 0 Å². The minimum absolute atomic E-state index is 0.0222. The van der Waals surface area contributed by atoms with Gasteiger partial charge in [-0.1, -0.05) is 0 Å². The highest BCUT2D eigenvalue weighted by Crippen LogP contribution is 2.17. The van der Waals surface area contributed by atoms with Gasteiger partial charge in [0, 0.05) is 25.4 Å². The SMILES string of the molecule is CC(Cl)C(=O)N1CCC(Oc2cnccn2)C1. The molecule has 0 spiro atoms.